The molecule has 0 heterocycles. The van der Waals surface area contributed by atoms with Gasteiger partial charge in [-0.2, -0.15) is 0 Å². The summed E-state index contributed by atoms with van der Waals surface area (Å²) in [5.74, 6) is 0. The summed E-state index contributed by atoms with van der Waals surface area (Å²) in [5.41, 5.74) is 0. The van der Waals surface area contributed by atoms with Crippen molar-refractivity contribution < 1.29 is 43.9 Å². The standard InChI is InChI=1S/Al.FH2O4P.Li.4H/c;1-5-6(2,3)4;;;;;/h;(H2,2,3,4);;;;;/q;;+1;;;;-1. The van der Waals surface area contributed by atoms with Gasteiger partial charge >= 0.3 is 26.7 Å². The van der Waals surface area contributed by atoms with Gasteiger partial charge in [0.15, 0.2) is 17.4 Å². The summed E-state index contributed by atoms with van der Waals surface area (Å²) in [4.78, 5) is 14.7. The third-order valence-electron chi connectivity index (χ3n) is 0.0899. The van der Waals surface area contributed by atoms with E-state index in [0.29, 0.717) is 0 Å². The van der Waals surface area contributed by atoms with Gasteiger partial charge in [0.05, 0.1) is 0 Å². The Kier molecular flexibility index (Phi) is 12.6. The topological polar surface area (TPSA) is 66.8 Å². The summed E-state index contributed by atoms with van der Waals surface area (Å²) in [7, 11) is -4.81. The smallest absolute Gasteiger partial charge is 1.00 e. The summed E-state index contributed by atoms with van der Waals surface area (Å²) in [6.45, 7) is 0. The molecule has 0 aliphatic rings. The van der Waals surface area contributed by atoms with E-state index in [-0.39, 0.29) is 37.6 Å². The molecule has 0 aromatic carbocycles. The van der Waals surface area contributed by atoms with Gasteiger partial charge in [0.25, 0.3) is 0 Å². The third-order valence-corrected chi connectivity index (χ3v) is 0.270. The molecule has 0 saturated carbocycles. The average Bonchev–Trinajstić information content (AvgIpc) is 1.35. The van der Waals surface area contributed by atoms with Crippen LogP contribution in [-0.4, -0.2) is 27.1 Å². The molecule has 0 unspecified atom stereocenters. The SMILES string of the molecule is O=P(O)(O)OF.[AlH3].[H-].[Li+]. The Morgan fingerprint density at radius 2 is 1.75 bits per heavy atom. The second-order valence-electron chi connectivity index (χ2n) is 0.560. The number of hydrogen-bond donors (Lipinski definition) is 2. The van der Waals surface area contributed by atoms with Crippen LogP contribution < -0.4 is 18.9 Å². The Bertz CT molecular complexity index is 84.6. The molecule has 8 heteroatoms. The first kappa shape index (κ1) is 16.1. The van der Waals surface area contributed by atoms with Crippen molar-refractivity contribution >= 4 is 25.2 Å². The zero-order valence-electron chi connectivity index (χ0n) is 4.54. The third kappa shape index (κ3) is 15.7. The number of halogens is 1. The number of hydrogen-bond acceptors (Lipinski definition) is 2. The molecular formula is H6AlFLiO4P. The molecule has 0 aromatic heterocycles. The van der Waals surface area contributed by atoms with Gasteiger partial charge in [0.2, 0.25) is 0 Å². The zero-order valence-corrected chi connectivity index (χ0v) is 4.43. The quantitative estimate of drug-likeness (QED) is 0.297. The summed E-state index contributed by atoms with van der Waals surface area (Å²) in [5, 5.41) is 0. The van der Waals surface area contributed by atoms with Gasteiger partial charge in [0, 0.05) is 0 Å². The van der Waals surface area contributed by atoms with E-state index in [1.165, 1.54) is 0 Å². The van der Waals surface area contributed by atoms with Gasteiger partial charge < -0.3 is 11.2 Å². The van der Waals surface area contributed by atoms with Crippen LogP contribution >= 0.6 is 7.82 Å². The number of rotatable bonds is 1. The first-order valence-electron chi connectivity index (χ1n) is 0.919. The van der Waals surface area contributed by atoms with Gasteiger partial charge in [-0.25, -0.2) is 4.57 Å². The minimum absolute atomic E-state index is 0. The van der Waals surface area contributed by atoms with E-state index >= 15 is 0 Å². The maximum absolute atomic E-state index is 10.2. The second kappa shape index (κ2) is 6.29. The average molecular weight is 154 g/mol. The van der Waals surface area contributed by atoms with E-state index in [0.717, 1.165) is 0 Å². The maximum atomic E-state index is 10.2. The van der Waals surface area contributed by atoms with Crippen molar-refractivity contribution in [1.29, 1.82) is 0 Å². The molecule has 8 heavy (non-hydrogen) atoms. The molecule has 0 saturated heterocycles. The minimum Gasteiger partial charge on any atom is -1.00 e. The zero-order chi connectivity index (χ0) is 5.21. The predicted molar refractivity (Wildman–Crippen MR) is 25.3 cm³/mol. The van der Waals surface area contributed by atoms with E-state index in [4.69, 9.17) is 14.4 Å². The Balaban J connectivity index is -0.0000000417. The van der Waals surface area contributed by atoms with E-state index in [9.17, 15) is 4.53 Å². The van der Waals surface area contributed by atoms with Crippen molar-refractivity contribution in [1.82, 2.24) is 0 Å². The number of phosphoric acid groups is 1. The maximum Gasteiger partial charge on any atom is 1.00 e. The van der Waals surface area contributed by atoms with Crippen molar-refractivity contribution in [3.63, 3.8) is 0 Å². The van der Waals surface area contributed by atoms with Crippen LogP contribution in [0.5, 0.6) is 0 Å². The summed E-state index contributed by atoms with van der Waals surface area (Å²) < 4.78 is 21.4. The van der Waals surface area contributed by atoms with Crippen LogP contribution in [0.1, 0.15) is 1.43 Å². The first-order valence-corrected chi connectivity index (χ1v) is 2.45. The van der Waals surface area contributed by atoms with Crippen LogP contribution in [0.3, 0.4) is 0 Å². The fourth-order valence-electron chi connectivity index (χ4n) is 0. The van der Waals surface area contributed by atoms with Crippen LogP contribution in [0.2, 0.25) is 0 Å². The monoisotopic (exact) mass is 154 g/mol. The van der Waals surface area contributed by atoms with Gasteiger partial charge in [0.1, 0.15) is 0 Å². The van der Waals surface area contributed by atoms with E-state index in [2.05, 4.69) is 4.73 Å². The molecule has 0 fully saturated rings. The van der Waals surface area contributed by atoms with Gasteiger partial charge in [-0.1, -0.05) is 4.73 Å². The first-order chi connectivity index (χ1) is 2.56. The molecule has 0 atom stereocenters. The molecule has 0 aromatic rings. The van der Waals surface area contributed by atoms with Gasteiger partial charge in [-0.05, 0) is 4.53 Å². The summed E-state index contributed by atoms with van der Waals surface area (Å²) >= 11 is 0. The van der Waals surface area contributed by atoms with E-state index < -0.39 is 7.82 Å². The van der Waals surface area contributed by atoms with E-state index in [1.807, 2.05) is 0 Å². The Morgan fingerprint density at radius 1 is 1.62 bits per heavy atom. The van der Waals surface area contributed by atoms with Crippen LogP contribution in [0, 0.1) is 0 Å². The molecule has 2 N–H and O–H groups in total. The molecular weight excluding hydrogens is 148 g/mol. The van der Waals surface area contributed by atoms with Crippen molar-refractivity contribution in [3.05, 3.63) is 0 Å². The summed E-state index contributed by atoms with van der Waals surface area (Å²) in [6.07, 6.45) is 0. The van der Waals surface area contributed by atoms with Gasteiger partial charge in [-0.15, -0.1) is 0 Å². The van der Waals surface area contributed by atoms with E-state index in [1.54, 1.807) is 0 Å². The molecule has 0 spiro atoms. The molecule has 0 aliphatic carbocycles. The van der Waals surface area contributed by atoms with Crippen molar-refractivity contribution in [2.45, 2.75) is 0 Å². The Morgan fingerprint density at radius 3 is 1.75 bits per heavy atom. The van der Waals surface area contributed by atoms with Crippen molar-refractivity contribution in [2.24, 2.45) is 0 Å². The van der Waals surface area contributed by atoms with Crippen molar-refractivity contribution in [2.75, 3.05) is 0 Å². The molecule has 4 nitrogen and oxygen atoms in total. The Labute approximate surface area is 69.3 Å². The fourth-order valence-corrected chi connectivity index (χ4v) is 0. The molecule has 0 rings (SSSR count). The van der Waals surface area contributed by atoms with Crippen molar-refractivity contribution in [3.8, 4) is 0 Å². The van der Waals surface area contributed by atoms with Gasteiger partial charge in [-0.3, -0.25) is 0 Å². The molecule has 0 bridgehead atoms. The van der Waals surface area contributed by atoms with Crippen LogP contribution in [-0.2, 0) is 9.29 Å². The normalized spacial score (nSPS) is 8.88. The second-order valence-corrected chi connectivity index (χ2v) is 1.68. The van der Waals surface area contributed by atoms with Crippen LogP contribution in [0.15, 0.2) is 0 Å². The molecule has 0 aliphatic heterocycles. The minimum atomic E-state index is -4.81. The largest absolute Gasteiger partial charge is 1.00 e. The Hall–Kier alpha value is 1.17. The van der Waals surface area contributed by atoms with Crippen LogP contribution in [0.4, 0.5) is 4.53 Å². The summed E-state index contributed by atoms with van der Waals surface area (Å²) in [6, 6.07) is 0. The molecule has 0 amide bonds. The van der Waals surface area contributed by atoms with Crippen LogP contribution in [0.25, 0.3) is 0 Å². The molecule has 0 radical (unpaired) electrons. The predicted octanol–water partition coefficient (Wildman–Crippen LogP) is -4.09. The fraction of sp³-hybridized carbons (Fsp3) is 0. The molecule has 46 valence electrons.